The fourth-order valence-corrected chi connectivity index (χ4v) is 3.55. The largest absolute Gasteiger partial charge is 0.493 e. The minimum absolute atomic E-state index is 0.427. The molecule has 13 nitrogen and oxygen atoms in total. The van der Waals surface area contributed by atoms with Gasteiger partial charge in [0.1, 0.15) is 37.1 Å². The minimum Gasteiger partial charge on any atom is -0.493 e. The fraction of sp³-hybridized carbons (Fsp3) is 0.591. The van der Waals surface area contributed by atoms with E-state index in [0.29, 0.717) is 17.1 Å². The van der Waals surface area contributed by atoms with Gasteiger partial charge in [0.15, 0.2) is 29.7 Å². The van der Waals surface area contributed by atoms with E-state index in [9.17, 15) is 35.4 Å². The van der Waals surface area contributed by atoms with E-state index in [-0.39, 0.29) is 0 Å². The van der Waals surface area contributed by atoms with Gasteiger partial charge in [0.25, 0.3) is 0 Å². The molecule has 0 saturated carbocycles. The van der Waals surface area contributed by atoms with Crippen molar-refractivity contribution in [2.75, 3.05) is 34.0 Å². The molecule has 0 bridgehead atoms. The van der Waals surface area contributed by atoms with E-state index in [1.807, 2.05) is 0 Å². The first-order valence-electron chi connectivity index (χ1n) is 10.7. The first kappa shape index (κ1) is 27.3. The molecule has 6 N–H and O–H groups in total. The summed E-state index contributed by atoms with van der Waals surface area (Å²) in [7, 11) is 2.98. The number of aliphatic hydroxyl groups is 6. The molecule has 2 fully saturated rings. The van der Waals surface area contributed by atoms with E-state index < -0.39 is 74.5 Å². The van der Waals surface area contributed by atoms with Gasteiger partial charge in [-0.25, -0.2) is 4.79 Å². The molecule has 2 heterocycles. The number of esters is 1. The van der Waals surface area contributed by atoms with Crippen LogP contribution in [0, 0.1) is 0 Å². The van der Waals surface area contributed by atoms with Crippen molar-refractivity contribution < 1.29 is 63.9 Å². The lowest BCUT2D eigenvalue weighted by molar-refractivity contribution is -0.297. The van der Waals surface area contributed by atoms with Crippen molar-refractivity contribution in [1.29, 1.82) is 0 Å². The highest BCUT2D eigenvalue weighted by Gasteiger charge is 2.51. The molecule has 0 amide bonds. The van der Waals surface area contributed by atoms with Gasteiger partial charge in [-0.3, -0.25) is 0 Å². The number of ether oxygens (including phenoxy) is 6. The van der Waals surface area contributed by atoms with Crippen LogP contribution >= 0.6 is 0 Å². The van der Waals surface area contributed by atoms with Crippen LogP contribution in [0.2, 0.25) is 0 Å². The predicted octanol–water partition coefficient (Wildman–Crippen LogP) is -2.47. The predicted molar refractivity (Wildman–Crippen MR) is 115 cm³/mol. The summed E-state index contributed by atoms with van der Waals surface area (Å²) in [5.74, 6) is 0.210. The minimum atomic E-state index is -1.97. The third-order valence-electron chi connectivity index (χ3n) is 5.70. The lowest BCUT2D eigenvalue weighted by atomic mass is 9.99. The van der Waals surface area contributed by atoms with E-state index in [1.165, 1.54) is 20.3 Å². The molecule has 8 atom stereocenters. The van der Waals surface area contributed by atoms with E-state index in [4.69, 9.17) is 28.4 Å². The zero-order valence-corrected chi connectivity index (χ0v) is 19.1. The molecule has 1 aromatic carbocycles. The van der Waals surface area contributed by atoms with Crippen LogP contribution in [-0.4, -0.2) is 119 Å². The van der Waals surface area contributed by atoms with Gasteiger partial charge in [-0.05, 0) is 23.8 Å². The van der Waals surface area contributed by atoms with Crippen LogP contribution in [0.3, 0.4) is 0 Å². The maximum absolute atomic E-state index is 12.1. The van der Waals surface area contributed by atoms with Crippen molar-refractivity contribution >= 4 is 12.0 Å². The van der Waals surface area contributed by atoms with Crippen LogP contribution in [0.4, 0.5) is 0 Å². The molecule has 3 rings (SSSR count). The molecule has 0 aliphatic carbocycles. The number of methoxy groups -OCH3 is 2. The first-order valence-corrected chi connectivity index (χ1v) is 10.7. The molecule has 13 heteroatoms. The average Bonchev–Trinajstić information content (AvgIpc) is 3.14. The Morgan fingerprint density at radius 1 is 1.09 bits per heavy atom. The molecule has 1 aromatic rings. The van der Waals surface area contributed by atoms with Gasteiger partial charge in [-0.2, -0.15) is 0 Å². The summed E-state index contributed by atoms with van der Waals surface area (Å²) in [5.41, 5.74) is -1.34. The second-order valence-electron chi connectivity index (χ2n) is 8.15. The maximum Gasteiger partial charge on any atom is 0.330 e. The summed E-state index contributed by atoms with van der Waals surface area (Å²) in [6.07, 6.45) is -8.36. The monoisotopic (exact) mass is 502 g/mol. The van der Waals surface area contributed by atoms with Gasteiger partial charge in [0, 0.05) is 6.08 Å². The molecule has 8 unspecified atom stereocenters. The van der Waals surface area contributed by atoms with E-state index in [2.05, 4.69) is 0 Å². The van der Waals surface area contributed by atoms with Crippen molar-refractivity contribution in [1.82, 2.24) is 0 Å². The van der Waals surface area contributed by atoms with Gasteiger partial charge in [-0.15, -0.1) is 0 Å². The molecule has 0 radical (unpaired) electrons. The van der Waals surface area contributed by atoms with E-state index in [0.717, 1.165) is 6.08 Å². The summed E-state index contributed by atoms with van der Waals surface area (Å²) in [5, 5.41) is 59.7. The van der Waals surface area contributed by atoms with Crippen molar-refractivity contribution in [2.24, 2.45) is 0 Å². The molecule has 2 aliphatic heterocycles. The summed E-state index contributed by atoms with van der Waals surface area (Å²) in [4.78, 5) is 12.1. The Morgan fingerprint density at radius 2 is 1.80 bits per heavy atom. The lowest BCUT2D eigenvalue weighted by Crippen LogP contribution is -2.59. The summed E-state index contributed by atoms with van der Waals surface area (Å²) in [6.45, 7) is -1.48. The maximum atomic E-state index is 12.1. The number of aliphatic hydroxyl groups excluding tert-OH is 5. The molecule has 2 saturated heterocycles. The van der Waals surface area contributed by atoms with Crippen LogP contribution in [-0.2, 0) is 23.7 Å². The van der Waals surface area contributed by atoms with Crippen LogP contribution in [0.5, 0.6) is 11.5 Å². The normalized spacial score (nSPS) is 35.3. The Balaban J connectivity index is 1.49. The van der Waals surface area contributed by atoms with E-state index >= 15 is 0 Å². The van der Waals surface area contributed by atoms with Gasteiger partial charge < -0.3 is 59.1 Å². The Labute approximate surface area is 200 Å². The van der Waals surface area contributed by atoms with Crippen LogP contribution in [0.25, 0.3) is 6.08 Å². The second kappa shape index (κ2) is 11.6. The van der Waals surface area contributed by atoms with Gasteiger partial charge in [0.05, 0.1) is 27.4 Å². The highest BCUT2D eigenvalue weighted by atomic mass is 16.7. The first-order chi connectivity index (χ1) is 16.6. The summed E-state index contributed by atoms with van der Waals surface area (Å²) in [6, 6.07) is 5.01. The Bertz CT molecular complexity index is 892. The topological polar surface area (TPSA) is 194 Å². The third kappa shape index (κ3) is 6.27. The fourth-order valence-electron chi connectivity index (χ4n) is 3.55. The number of hydrogen-bond acceptors (Lipinski definition) is 13. The highest BCUT2D eigenvalue weighted by Crippen LogP contribution is 2.29. The molecule has 196 valence electrons. The average molecular weight is 502 g/mol. The number of benzene rings is 1. The SMILES string of the molecule is COc1ccc(C=CC(=O)OCC2(O)COC(OCC3OC(O)C(O)C(O)C3O)C2O)cc1OC. The number of carbonyl (C=O) groups excluding carboxylic acids is 1. The van der Waals surface area contributed by atoms with Gasteiger partial charge in [-0.1, -0.05) is 6.07 Å². The zero-order valence-electron chi connectivity index (χ0n) is 19.1. The summed E-state index contributed by atoms with van der Waals surface area (Å²) >= 11 is 0. The Morgan fingerprint density at radius 3 is 2.49 bits per heavy atom. The number of hydrogen-bond donors (Lipinski definition) is 6. The molecular formula is C22H30O13. The van der Waals surface area contributed by atoms with Crippen molar-refractivity contribution in [3.63, 3.8) is 0 Å². The summed E-state index contributed by atoms with van der Waals surface area (Å²) < 4.78 is 30.9. The van der Waals surface area contributed by atoms with Crippen molar-refractivity contribution in [2.45, 2.75) is 48.7 Å². The smallest absolute Gasteiger partial charge is 0.330 e. The highest BCUT2D eigenvalue weighted by molar-refractivity contribution is 5.87. The zero-order chi connectivity index (χ0) is 25.8. The quantitative estimate of drug-likeness (QED) is 0.154. The second-order valence-corrected chi connectivity index (χ2v) is 8.15. The van der Waals surface area contributed by atoms with Gasteiger partial charge >= 0.3 is 5.97 Å². The molecule has 0 aromatic heterocycles. The molecular weight excluding hydrogens is 472 g/mol. The van der Waals surface area contributed by atoms with Crippen molar-refractivity contribution in [3.05, 3.63) is 29.8 Å². The van der Waals surface area contributed by atoms with Crippen LogP contribution < -0.4 is 9.47 Å². The number of carbonyl (C=O) groups is 1. The molecule has 35 heavy (non-hydrogen) atoms. The third-order valence-corrected chi connectivity index (χ3v) is 5.70. The standard InChI is InChI=1S/C22H30O13/c1-30-12-5-3-11(7-13(12)31-2)4-6-15(23)33-9-22(29)10-34-21(19(22)27)32-8-14-16(24)17(25)18(26)20(28)35-14/h3-7,14,16-21,24-29H,8-10H2,1-2H3. The van der Waals surface area contributed by atoms with E-state index in [1.54, 1.807) is 18.2 Å². The number of rotatable bonds is 9. The van der Waals surface area contributed by atoms with Gasteiger partial charge in [0.2, 0.25) is 0 Å². The van der Waals surface area contributed by atoms with Crippen LogP contribution in [0.1, 0.15) is 5.56 Å². The van der Waals surface area contributed by atoms with Crippen molar-refractivity contribution in [3.8, 4) is 11.5 Å². The molecule has 0 spiro atoms. The lowest BCUT2D eigenvalue weighted by Gasteiger charge is -2.38. The Hall–Kier alpha value is -2.33. The Kier molecular flexibility index (Phi) is 9.04. The van der Waals surface area contributed by atoms with Crippen LogP contribution in [0.15, 0.2) is 24.3 Å². The molecule has 2 aliphatic rings.